The van der Waals surface area contributed by atoms with E-state index in [0.29, 0.717) is 22.4 Å². The Morgan fingerprint density at radius 1 is 1.19 bits per heavy atom. The van der Waals surface area contributed by atoms with Crippen molar-refractivity contribution < 1.29 is 4.79 Å². The van der Waals surface area contributed by atoms with Gasteiger partial charge in [-0.2, -0.15) is 0 Å². The number of halogens is 1. The fourth-order valence-electron chi connectivity index (χ4n) is 2.57. The van der Waals surface area contributed by atoms with Gasteiger partial charge in [-0.25, -0.2) is 0 Å². The molecule has 1 amide bonds. The van der Waals surface area contributed by atoms with Crippen LogP contribution in [0, 0.1) is 6.92 Å². The molecule has 0 saturated carbocycles. The van der Waals surface area contributed by atoms with E-state index in [0.717, 1.165) is 17.7 Å². The second-order valence-electron chi connectivity index (χ2n) is 6.11. The summed E-state index contributed by atoms with van der Waals surface area (Å²) in [6.07, 6.45) is 0.879. The molecule has 2 aromatic carbocycles. The molecule has 0 unspecified atom stereocenters. The molecule has 0 aliphatic heterocycles. The first kappa shape index (κ1) is 20.2. The molecule has 138 valence electrons. The summed E-state index contributed by atoms with van der Waals surface area (Å²) >= 11 is 11.6. The van der Waals surface area contributed by atoms with Crippen molar-refractivity contribution in [2.75, 3.05) is 17.2 Å². The molecule has 1 atom stereocenters. The van der Waals surface area contributed by atoms with Crippen LogP contribution in [0.2, 0.25) is 5.02 Å². The third-order valence-electron chi connectivity index (χ3n) is 4.05. The number of thiocarbonyl (C=S) groups is 1. The third-order valence-corrected chi connectivity index (χ3v) is 4.62. The predicted octanol–water partition coefficient (Wildman–Crippen LogP) is 5.08. The molecule has 26 heavy (non-hydrogen) atoms. The highest BCUT2D eigenvalue weighted by Gasteiger charge is 2.23. The Kier molecular flexibility index (Phi) is 7.42. The quantitative estimate of drug-likeness (QED) is 0.676. The number of para-hydroxylation sites is 1. The van der Waals surface area contributed by atoms with Crippen LogP contribution in [0.1, 0.15) is 25.8 Å². The molecule has 2 rings (SSSR count). The maximum atomic E-state index is 12.7. The van der Waals surface area contributed by atoms with Crippen LogP contribution in [0.25, 0.3) is 0 Å². The van der Waals surface area contributed by atoms with E-state index >= 15 is 0 Å². The van der Waals surface area contributed by atoms with Crippen molar-refractivity contribution in [3.8, 4) is 0 Å². The summed E-state index contributed by atoms with van der Waals surface area (Å²) in [5, 5.41) is 7.28. The minimum Gasteiger partial charge on any atom is -0.337 e. The number of nitrogens with one attached hydrogen (secondary N) is 2. The van der Waals surface area contributed by atoms with Crippen molar-refractivity contribution in [1.29, 1.82) is 0 Å². The van der Waals surface area contributed by atoms with Gasteiger partial charge in [-0.1, -0.05) is 42.8 Å². The standard InChI is InChI=1S/C20H24ClN3OS/c1-4-12-24(20(26)23-18-11-6-5-8-14(18)2)15(3)19(25)22-17-10-7-9-16(21)13-17/h5-11,13,15H,4,12H2,1-3H3,(H,22,25)(H,23,26)/t15-/m1/s1. The number of benzene rings is 2. The third kappa shape index (κ3) is 5.44. The van der Waals surface area contributed by atoms with Crippen molar-refractivity contribution in [2.45, 2.75) is 33.2 Å². The number of anilines is 2. The monoisotopic (exact) mass is 389 g/mol. The second kappa shape index (κ2) is 9.55. The molecule has 0 aliphatic rings. The van der Waals surface area contributed by atoms with Gasteiger partial charge in [0.25, 0.3) is 0 Å². The van der Waals surface area contributed by atoms with Crippen molar-refractivity contribution >= 4 is 46.2 Å². The molecule has 0 spiro atoms. The lowest BCUT2D eigenvalue weighted by Gasteiger charge is -2.31. The first-order chi connectivity index (χ1) is 12.4. The molecule has 0 radical (unpaired) electrons. The molecular formula is C20H24ClN3OS. The summed E-state index contributed by atoms with van der Waals surface area (Å²) in [4.78, 5) is 14.6. The van der Waals surface area contributed by atoms with Crippen LogP contribution in [0.4, 0.5) is 11.4 Å². The van der Waals surface area contributed by atoms with Gasteiger partial charge in [-0.3, -0.25) is 4.79 Å². The van der Waals surface area contributed by atoms with E-state index in [-0.39, 0.29) is 5.91 Å². The Bertz CT molecular complexity index is 781. The maximum absolute atomic E-state index is 12.7. The highest BCUT2D eigenvalue weighted by Crippen LogP contribution is 2.17. The summed E-state index contributed by atoms with van der Waals surface area (Å²) in [6.45, 7) is 6.61. The number of hydrogen-bond acceptors (Lipinski definition) is 2. The number of rotatable bonds is 6. The van der Waals surface area contributed by atoms with Crippen LogP contribution in [0.15, 0.2) is 48.5 Å². The summed E-state index contributed by atoms with van der Waals surface area (Å²) < 4.78 is 0. The van der Waals surface area contributed by atoms with Gasteiger partial charge in [0.2, 0.25) is 5.91 Å². The first-order valence-electron chi connectivity index (χ1n) is 8.62. The van der Waals surface area contributed by atoms with Gasteiger partial charge in [-0.05, 0) is 62.3 Å². The number of carbonyl (C=O) groups is 1. The van der Waals surface area contributed by atoms with E-state index < -0.39 is 6.04 Å². The molecule has 2 aromatic rings. The van der Waals surface area contributed by atoms with Crippen molar-refractivity contribution in [3.05, 3.63) is 59.1 Å². The fourth-order valence-corrected chi connectivity index (χ4v) is 3.12. The number of hydrogen-bond donors (Lipinski definition) is 2. The van der Waals surface area contributed by atoms with Crippen LogP contribution in [0.5, 0.6) is 0 Å². The summed E-state index contributed by atoms with van der Waals surface area (Å²) in [5.74, 6) is -0.130. The average molecular weight is 390 g/mol. The highest BCUT2D eigenvalue weighted by atomic mass is 35.5. The maximum Gasteiger partial charge on any atom is 0.246 e. The molecule has 6 heteroatoms. The van der Waals surface area contributed by atoms with Crippen LogP contribution in [-0.4, -0.2) is 28.5 Å². The zero-order chi connectivity index (χ0) is 19.1. The Hall–Kier alpha value is -2.11. The smallest absolute Gasteiger partial charge is 0.246 e. The molecule has 0 bridgehead atoms. The minimum atomic E-state index is -0.419. The van der Waals surface area contributed by atoms with E-state index in [4.69, 9.17) is 23.8 Å². The van der Waals surface area contributed by atoms with Gasteiger partial charge in [0.1, 0.15) is 6.04 Å². The van der Waals surface area contributed by atoms with Gasteiger partial charge >= 0.3 is 0 Å². The molecule has 0 aromatic heterocycles. The van der Waals surface area contributed by atoms with Crippen LogP contribution >= 0.6 is 23.8 Å². The van der Waals surface area contributed by atoms with Crippen LogP contribution in [0.3, 0.4) is 0 Å². The van der Waals surface area contributed by atoms with Gasteiger partial charge in [0.15, 0.2) is 5.11 Å². The molecule has 0 fully saturated rings. The van der Waals surface area contributed by atoms with Gasteiger partial charge < -0.3 is 15.5 Å². The lowest BCUT2D eigenvalue weighted by atomic mass is 10.2. The van der Waals surface area contributed by atoms with Gasteiger partial charge in [0, 0.05) is 22.9 Å². The summed E-state index contributed by atoms with van der Waals surface area (Å²) in [7, 11) is 0. The Balaban J connectivity index is 2.10. The zero-order valence-corrected chi connectivity index (χ0v) is 16.8. The molecule has 0 heterocycles. The Morgan fingerprint density at radius 2 is 1.92 bits per heavy atom. The molecule has 0 saturated heterocycles. The van der Waals surface area contributed by atoms with Crippen molar-refractivity contribution in [1.82, 2.24) is 4.90 Å². The fraction of sp³-hybridized carbons (Fsp3) is 0.300. The number of carbonyl (C=O) groups excluding carboxylic acids is 1. The topological polar surface area (TPSA) is 44.4 Å². The number of aryl methyl sites for hydroxylation is 1. The van der Waals surface area contributed by atoms with E-state index in [9.17, 15) is 4.79 Å². The van der Waals surface area contributed by atoms with Crippen LogP contribution < -0.4 is 10.6 Å². The average Bonchev–Trinajstić information content (AvgIpc) is 2.61. The van der Waals surface area contributed by atoms with E-state index in [1.54, 1.807) is 18.2 Å². The minimum absolute atomic E-state index is 0.130. The SMILES string of the molecule is CCCN(C(=S)Nc1ccccc1C)[C@H](C)C(=O)Nc1cccc(Cl)c1. The molecule has 4 nitrogen and oxygen atoms in total. The highest BCUT2D eigenvalue weighted by molar-refractivity contribution is 7.80. The molecule has 0 aliphatic carbocycles. The van der Waals surface area contributed by atoms with E-state index in [1.165, 1.54) is 0 Å². The van der Waals surface area contributed by atoms with Gasteiger partial charge in [-0.15, -0.1) is 0 Å². The van der Waals surface area contributed by atoms with Crippen molar-refractivity contribution in [3.63, 3.8) is 0 Å². The second-order valence-corrected chi connectivity index (χ2v) is 6.94. The Labute approximate surface area is 165 Å². The first-order valence-corrected chi connectivity index (χ1v) is 9.40. The van der Waals surface area contributed by atoms with E-state index in [2.05, 4.69) is 17.6 Å². The zero-order valence-electron chi connectivity index (χ0n) is 15.3. The largest absolute Gasteiger partial charge is 0.337 e. The number of nitrogens with zero attached hydrogens (tertiary/aromatic N) is 1. The molecule has 2 N–H and O–H groups in total. The number of amides is 1. The van der Waals surface area contributed by atoms with Gasteiger partial charge in [0.05, 0.1) is 0 Å². The summed E-state index contributed by atoms with van der Waals surface area (Å²) in [6, 6.07) is 14.6. The normalized spacial score (nSPS) is 11.5. The lowest BCUT2D eigenvalue weighted by Crippen LogP contribution is -2.47. The summed E-state index contributed by atoms with van der Waals surface area (Å²) in [5.41, 5.74) is 2.71. The predicted molar refractivity (Wildman–Crippen MR) is 114 cm³/mol. The molecular weight excluding hydrogens is 366 g/mol. The Morgan fingerprint density at radius 3 is 2.58 bits per heavy atom. The van der Waals surface area contributed by atoms with Crippen LogP contribution in [-0.2, 0) is 4.79 Å². The lowest BCUT2D eigenvalue weighted by molar-refractivity contribution is -0.119. The van der Waals surface area contributed by atoms with E-state index in [1.807, 2.05) is 49.1 Å². The van der Waals surface area contributed by atoms with Crippen molar-refractivity contribution in [2.24, 2.45) is 0 Å².